The SMILES string of the molecule is COc1cc(NC(=O)c2ccc(OC(C)=O)cc2)cc(OC)c1OC. The summed E-state index contributed by atoms with van der Waals surface area (Å²) in [4.78, 5) is 23.3. The summed E-state index contributed by atoms with van der Waals surface area (Å²) in [5, 5.41) is 2.76. The fourth-order valence-corrected chi connectivity index (χ4v) is 2.20. The van der Waals surface area contributed by atoms with E-state index in [0.717, 1.165) is 0 Å². The summed E-state index contributed by atoms with van der Waals surface area (Å²) >= 11 is 0. The van der Waals surface area contributed by atoms with Crippen molar-refractivity contribution in [3.63, 3.8) is 0 Å². The molecule has 1 amide bonds. The minimum atomic E-state index is -0.422. The Hall–Kier alpha value is -3.22. The highest BCUT2D eigenvalue weighted by Crippen LogP contribution is 2.40. The van der Waals surface area contributed by atoms with Crippen molar-refractivity contribution in [2.24, 2.45) is 0 Å². The van der Waals surface area contributed by atoms with Gasteiger partial charge in [-0.3, -0.25) is 9.59 Å². The molecule has 0 aliphatic rings. The Balaban J connectivity index is 2.21. The van der Waals surface area contributed by atoms with E-state index in [0.29, 0.717) is 34.2 Å². The molecule has 1 N–H and O–H groups in total. The van der Waals surface area contributed by atoms with Crippen molar-refractivity contribution in [2.75, 3.05) is 26.6 Å². The van der Waals surface area contributed by atoms with Gasteiger partial charge >= 0.3 is 5.97 Å². The van der Waals surface area contributed by atoms with Gasteiger partial charge in [-0.25, -0.2) is 0 Å². The van der Waals surface area contributed by atoms with Gasteiger partial charge in [-0.15, -0.1) is 0 Å². The summed E-state index contributed by atoms with van der Waals surface area (Å²) in [6, 6.07) is 9.48. The zero-order valence-electron chi connectivity index (χ0n) is 14.4. The number of esters is 1. The summed E-state index contributed by atoms with van der Waals surface area (Å²) in [6.45, 7) is 1.31. The second-order valence-electron chi connectivity index (χ2n) is 4.99. The lowest BCUT2D eigenvalue weighted by Crippen LogP contribution is -2.12. The number of hydrogen-bond donors (Lipinski definition) is 1. The van der Waals surface area contributed by atoms with Gasteiger partial charge in [-0.05, 0) is 24.3 Å². The summed E-state index contributed by atoms with van der Waals surface area (Å²) in [5.41, 5.74) is 0.896. The fourth-order valence-electron chi connectivity index (χ4n) is 2.20. The highest BCUT2D eigenvalue weighted by atomic mass is 16.5. The lowest BCUT2D eigenvalue weighted by atomic mass is 10.2. The van der Waals surface area contributed by atoms with Crippen LogP contribution in [0, 0.1) is 0 Å². The molecule has 0 aliphatic carbocycles. The number of anilines is 1. The van der Waals surface area contributed by atoms with E-state index in [2.05, 4.69) is 5.32 Å². The second kappa shape index (κ2) is 8.05. The molecule has 0 bridgehead atoms. The lowest BCUT2D eigenvalue weighted by molar-refractivity contribution is -0.131. The maximum Gasteiger partial charge on any atom is 0.308 e. The smallest absolute Gasteiger partial charge is 0.308 e. The van der Waals surface area contributed by atoms with Crippen molar-refractivity contribution in [2.45, 2.75) is 6.92 Å². The lowest BCUT2D eigenvalue weighted by Gasteiger charge is -2.14. The van der Waals surface area contributed by atoms with E-state index in [1.807, 2.05) is 0 Å². The summed E-state index contributed by atoms with van der Waals surface area (Å²) in [5.74, 6) is 0.925. The van der Waals surface area contributed by atoms with Crippen LogP contribution in [0.15, 0.2) is 36.4 Å². The van der Waals surface area contributed by atoms with Crippen molar-refractivity contribution in [1.82, 2.24) is 0 Å². The van der Waals surface area contributed by atoms with Crippen LogP contribution < -0.4 is 24.3 Å². The van der Waals surface area contributed by atoms with Gasteiger partial charge in [0.2, 0.25) is 5.75 Å². The molecule has 0 fully saturated rings. The zero-order valence-corrected chi connectivity index (χ0v) is 14.4. The molecule has 25 heavy (non-hydrogen) atoms. The predicted octanol–water partition coefficient (Wildman–Crippen LogP) is 2.89. The summed E-state index contributed by atoms with van der Waals surface area (Å²) in [6.07, 6.45) is 0. The Bertz CT molecular complexity index is 745. The second-order valence-corrected chi connectivity index (χ2v) is 4.99. The minimum absolute atomic E-state index is 0.330. The number of hydrogen-bond acceptors (Lipinski definition) is 6. The molecular formula is C18H19NO6. The van der Waals surface area contributed by atoms with Gasteiger partial charge in [0.05, 0.1) is 21.3 Å². The molecule has 0 atom stereocenters. The molecule has 0 radical (unpaired) electrons. The average Bonchev–Trinajstić information content (AvgIpc) is 2.60. The third-order valence-electron chi connectivity index (χ3n) is 3.30. The quantitative estimate of drug-likeness (QED) is 0.640. The van der Waals surface area contributed by atoms with Crippen molar-refractivity contribution >= 4 is 17.6 Å². The van der Waals surface area contributed by atoms with Gasteiger partial charge in [0.1, 0.15) is 5.75 Å². The van der Waals surface area contributed by atoms with Gasteiger partial charge in [-0.2, -0.15) is 0 Å². The third kappa shape index (κ3) is 4.41. The standard InChI is InChI=1S/C18H19NO6/c1-11(20)25-14-7-5-12(6-8-14)18(21)19-13-9-15(22-2)17(24-4)16(10-13)23-3/h5-10H,1-4H3,(H,19,21). The van der Waals surface area contributed by atoms with Crippen LogP contribution in [-0.2, 0) is 4.79 Å². The Kier molecular flexibility index (Phi) is 5.84. The van der Waals surface area contributed by atoms with Gasteiger partial charge in [0.25, 0.3) is 5.91 Å². The number of methoxy groups -OCH3 is 3. The van der Waals surface area contributed by atoms with E-state index in [1.54, 1.807) is 36.4 Å². The topological polar surface area (TPSA) is 83.1 Å². The molecule has 7 nitrogen and oxygen atoms in total. The average molecular weight is 345 g/mol. The molecule has 0 saturated heterocycles. The van der Waals surface area contributed by atoms with Crippen molar-refractivity contribution < 1.29 is 28.5 Å². The van der Waals surface area contributed by atoms with Gasteiger partial charge in [0, 0.05) is 30.3 Å². The van der Waals surface area contributed by atoms with Crippen molar-refractivity contribution in [3.8, 4) is 23.0 Å². The Morgan fingerprint density at radius 1 is 0.880 bits per heavy atom. The van der Waals surface area contributed by atoms with Crippen LogP contribution in [0.4, 0.5) is 5.69 Å². The first kappa shape index (κ1) is 18.1. The van der Waals surface area contributed by atoms with E-state index in [9.17, 15) is 9.59 Å². The number of nitrogens with one attached hydrogen (secondary N) is 1. The highest BCUT2D eigenvalue weighted by Gasteiger charge is 2.15. The molecule has 0 saturated carbocycles. The summed E-state index contributed by atoms with van der Waals surface area (Å²) < 4.78 is 20.7. The van der Waals surface area contributed by atoms with Crippen LogP contribution in [0.1, 0.15) is 17.3 Å². The first-order valence-corrected chi connectivity index (χ1v) is 7.38. The number of carbonyl (C=O) groups is 2. The number of amides is 1. The molecule has 2 aromatic carbocycles. The molecule has 0 aromatic heterocycles. The number of carbonyl (C=O) groups excluding carboxylic acids is 2. The molecule has 132 valence electrons. The third-order valence-corrected chi connectivity index (χ3v) is 3.30. The van der Waals surface area contributed by atoms with E-state index in [1.165, 1.54) is 28.3 Å². The number of rotatable bonds is 6. The minimum Gasteiger partial charge on any atom is -0.493 e. The Labute approximate surface area is 145 Å². The number of benzene rings is 2. The van der Waals surface area contributed by atoms with E-state index in [4.69, 9.17) is 18.9 Å². The van der Waals surface area contributed by atoms with Crippen LogP contribution in [-0.4, -0.2) is 33.2 Å². The predicted molar refractivity (Wildman–Crippen MR) is 91.8 cm³/mol. The van der Waals surface area contributed by atoms with Crippen molar-refractivity contribution in [3.05, 3.63) is 42.0 Å². The Morgan fingerprint density at radius 3 is 1.88 bits per heavy atom. The Morgan fingerprint density at radius 2 is 1.44 bits per heavy atom. The molecule has 7 heteroatoms. The normalized spacial score (nSPS) is 9.92. The van der Waals surface area contributed by atoms with Gasteiger partial charge < -0.3 is 24.3 Å². The van der Waals surface area contributed by atoms with Gasteiger partial charge in [0.15, 0.2) is 11.5 Å². The van der Waals surface area contributed by atoms with Gasteiger partial charge in [-0.1, -0.05) is 0 Å². The first-order valence-electron chi connectivity index (χ1n) is 7.38. The van der Waals surface area contributed by atoms with E-state index < -0.39 is 5.97 Å². The summed E-state index contributed by atoms with van der Waals surface area (Å²) in [7, 11) is 4.50. The van der Waals surface area contributed by atoms with Crippen LogP contribution in [0.3, 0.4) is 0 Å². The van der Waals surface area contributed by atoms with Crippen molar-refractivity contribution in [1.29, 1.82) is 0 Å². The van der Waals surface area contributed by atoms with E-state index in [-0.39, 0.29) is 5.91 Å². The zero-order chi connectivity index (χ0) is 18.4. The highest BCUT2D eigenvalue weighted by molar-refractivity contribution is 6.04. The number of ether oxygens (including phenoxy) is 4. The first-order chi connectivity index (χ1) is 12.0. The van der Waals surface area contributed by atoms with E-state index >= 15 is 0 Å². The molecule has 0 aliphatic heterocycles. The molecule has 0 unspecified atom stereocenters. The molecule has 2 rings (SSSR count). The van der Waals surface area contributed by atoms with Crippen LogP contribution in [0.2, 0.25) is 0 Å². The monoisotopic (exact) mass is 345 g/mol. The van der Waals surface area contributed by atoms with Crippen LogP contribution in [0.25, 0.3) is 0 Å². The fraction of sp³-hybridized carbons (Fsp3) is 0.222. The maximum absolute atomic E-state index is 12.4. The largest absolute Gasteiger partial charge is 0.493 e. The molecular weight excluding hydrogens is 326 g/mol. The maximum atomic E-state index is 12.4. The van der Waals surface area contributed by atoms with Crippen LogP contribution in [0.5, 0.6) is 23.0 Å². The van der Waals surface area contributed by atoms with Crippen LogP contribution >= 0.6 is 0 Å². The molecule has 0 heterocycles. The molecule has 2 aromatic rings. The molecule has 0 spiro atoms.